The fourth-order valence-corrected chi connectivity index (χ4v) is 1.94. The predicted molar refractivity (Wildman–Crippen MR) is 74.3 cm³/mol. The fraction of sp³-hybridized carbons (Fsp3) is 0. The third-order valence-electron chi connectivity index (χ3n) is 2.90. The van der Waals surface area contributed by atoms with Crippen LogP contribution in [-0.4, -0.2) is 10.2 Å². The third-order valence-corrected chi connectivity index (χ3v) is 2.90. The first-order valence-corrected chi connectivity index (χ1v) is 6.00. The van der Waals surface area contributed by atoms with E-state index < -0.39 is 11.4 Å². The van der Waals surface area contributed by atoms with E-state index in [0.29, 0.717) is 5.56 Å². The highest BCUT2D eigenvalue weighted by molar-refractivity contribution is 5.68. The zero-order valence-corrected chi connectivity index (χ0v) is 10.4. The quantitative estimate of drug-likeness (QED) is 0.770. The van der Waals surface area contributed by atoms with Gasteiger partial charge in [-0.25, -0.2) is 14.7 Å². The molecule has 1 heterocycles. The Morgan fingerprint density at radius 3 is 2.05 bits per heavy atom. The number of nitrogens with one attached hydrogen (secondary N) is 1. The number of rotatable bonds is 2. The number of hydrogen-bond acceptors (Lipinski definition) is 4. The molecule has 0 bridgehead atoms. The van der Waals surface area contributed by atoms with Gasteiger partial charge in [0.15, 0.2) is 5.69 Å². The molecule has 20 heavy (non-hydrogen) atoms. The van der Waals surface area contributed by atoms with E-state index in [1.165, 1.54) is 0 Å². The molecule has 5 heteroatoms. The van der Waals surface area contributed by atoms with Crippen LogP contribution in [0, 0.1) is 0 Å². The van der Waals surface area contributed by atoms with E-state index >= 15 is 0 Å². The van der Waals surface area contributed by atoms with E-state index in [1.807, 2.05) is 42.5 Å². The number of benzene rings is 2. The van der Waals surface area contributed by atoms with Crippen molar-refractivity contribution in [2.45, 2.75) is 0 Å². The SMILES string of the molecule is O=c1[nH]nc(-c2ccc(-c3ccccc3)cc2)c(=O)o1. The molecule has 5 nitrogen and oxygen atoms in total. The molecule has 0 saturated heterocycles. The topological polar surface area (TPSA) is 76.0 Å². The van der Waals surface area contributed by atoms with Crippen LogP contribution in [0.2, 0.25) is 0 Å². The molecule has 3 aromatic rings. The molecule has 0 aliphatic heterocycles. The molecule has 0 saturated carbocycles. The lowest BCUT2D eigenvalue weighted by molar-refractivity contribution is 0.435. The average molecular weight is 266 g/mol. The Kier molecular flexibility index (Phi) is 3.01. The minimum atomic E-state index is -0.861. The molecule has 0 unspecified atom stereocenters. The van der Waals surface area contributed by atoms with Crippen molar-refractivity contribution in [1.29, 1.82) is 0 Å². The second-order valence-electron chi connectivity index (χ2n) is 4.19. The molecule has 3 rings (SSSR count). The van der Waals surface area contributed by atoms with E-state index in [2.05, 4.69) is 14.6 Å². The van der Waals surface area contributed by atoms with Gasteiger partial charge in [0, 0.05) is 5.56 Å². The van der Waals surface area contributed by atoms with Gasteiger partial charge in [0.2, 0.25) is 0 Å². The van der Waals surface area contributed by atoms with Crippen LogP contribution in [0.5, 0.6) is 0 Å². The van der Waals surface area contributed by atoms with Crippen molar-refractivity contribution in [3.8, 4) is 22.4 Å². The Morgan fingerprint density at radius 2 is 1.40 bits per heavy atom. The van der Waals surface area contributed by atoms with Crippen LogP contribution in [0.3, 0.4) is 0 Å². The van der Waals surface area contributed by atoms with Gasteiger partial charge in [0.05, 0.1) is 0 Å². The van der Waals surface area contributed by atoms with E-state index in [9.17, 15) is 9.59 Å². The molecule has 98 valence electrons. The summed E-state index contributed by atoms with van der Waals surface area (Å²) in [4.78, 5) is 22.4. The standard InChI is InChI=1S/C15H10N2O3/c18-14-13(16-17-15(19)20-14)12-8-6-11(7-9-12)10-4-2-1-3-5-10/h1-9H,(H,17,19). The smallest absolute Gasteiger partial charge is 0.370 e. The van der Waals surface area contributed by atoms with Gasteiger partial charge in [-0.2, -0.15) is 5.10 Å². The van der Waals surface area contributed by atoms with Crippen LogP contribution < -0.4 is 11.4 Å². The van der Waals surface area contributed by atoms with Gasteiger partial charge in [0.1, 0.15) is 0 Å². The molecule has 0 atom stereocenters. The largest absolute Gasteiger partial charge is 0.435 e. The van der Waals surface area contributed by atoms with Gasteiger partial charge in [0.25, 0.3) is 0 Å². The van der Waals surface area contributed by atoms with Crippen LogP contribution in [0.4, 0.5) is 0 Å². The minimum absolute atomic E-state index is 0.0872. The van der Waals surface area contributed by atoms with Crippen molar-refractivity contribution in [1.82, 2.24) is 10.2 Å². The fourth-order valence-electron chi connectivity index (χ4n) is 1.94. The molecule has 0 aliphatic rings. The predicted octanol–water partition coefficient (Wildman–Crippen LogP) is 2.06. The van der Waals surface area contributed by atoms with Crippen molar-refractivity contribution < 1.29 is 4.42 Å². The highest BCUT2D eigenvalue weighted by Crippen LogP contribution is 2.21. The first kappa shape index (κ1) is 12.1. The average Bonchev–Trinajstić information content (AvgIpc) is 2.48. The van der Waals surface area contributed by atoms with Gasteiger partial charge < -0.3 is 4.42 Å². The molecular formula is C15H10N2O3. The first-order valence-electron chi connectivity index (χ1n) is 6.00. The zero-order valence-electron chi connectivity index (χ0n) is 10.4. The molecule has 0 fully saturated rings. The number of hydrogen-bond donors (Lipinski definition) is 1. The highest BCUT2D eigenvalue weighted by atomic mass is 16.4. The molecule has 2 aromatic carbocycles. The maximum atomic E-state index is 11.5. The van der Waals surface area contributed by atoms with Crippen molar-refractivity contribution in [3.63, 3.8) is 0 Å². The Hall–Kier alpha value is -2.95. The molecule has 0 aliphatic carbocycles. The number of nitrogens with zero attached hydrogens (tertiary/aromatic N) is 1. The monoisotopic (exact) mass is 266 g/mol. The molecule has 0 radical (unpaired) electrons. The minimum Gasteiger partial charge on any atom is -0.370 e. The number of H-pyrrole nitrogens is 1. The number of aromatic amines is 1. The van der Waals surface area contributed by atoms with Crippen LogP contribution in [0.25, 0.3) is 22.4 Å². The Morgan fingerprint density at radius 1 is 0.800 bits per heavy atom. The van der Waals surface area contributed by atoms with Crippen LogP contribution in [0.15, 0.2) is 68.6 Å². The van der Waals surface area contributed by atoms with Crippen molar-refractivity contribution in [2.75, 3.05) is 0 Å². The maximum absolute atomic E-state index is 11.5. The summed E-state index contributed by atoms with van der Waals surface area (Å²) in [5, 5.41) is 5.82. The highest BCUT2D eigenvalue weighted by Gasteiger charge is 2.07. The van der Waals surface area contributed by atoms with Gasteiger partial charge in [-0.15, -0.1) is 0 Å². The second kappa shape index (κ2) is 4.97. The Bertz CT molecular complexity index is 833. The summed E-state index contributed by atoms with van der Waals surface area (Å²) in [6, 6.07) is 17.2. The first-order chi connectivity index (χ1) is 9.74. The summed E-state index contributed by atoms with van der Waals surface area (Å²) in [7, 11) is 0. The van der Waals surface area contributed by atoms with E-state index in [0.717, 1.165) is 11.1 Å². The lowest BCUT2D eigenvalue weighted by Gasteiger charge is -2.02. The van der Waals surface area contributed by atoms with E-state index in [1.54, 1.807) is 12.1 Å². The van der Waals surface area contributed by atoms with Crippen LogP contribution >= 0.6 is 0 Å². The van der Waals surface area contributed by atoms with Gasteiger partial charge in [-0.1, -0.05) is 54.6 Å². The summed E-state index contributed by atoms with van der Waals surface area (Å²) in [5.74, 6) is -0.861. The number of aromatic nitrogens is 2. The van der Waals surface area contributed by atoms with Crippen molar-refractivity contribution >= 4 is 0 Å². The van der Waals surface area contributed by atoms with E-state index in [4.69, 9.17) is 0 Å². The third kappa shape index (κ3) is 2.29. The van der Waals surface area contributed by atoms with Crippen molar-refractivity contribution in [3.05, 3.63) is 75.6 Å². The zero-order chi connectivity index (χ0) is 13.9. The molecule has 1 aromatic heterocycles. The lowest BCUT2D eigenvalue weighted by atomic mass is 10.0. The summed E-state index contributed by atoms with van der Waals surface area (Å²) in [6.07, 6.45) is 0. The lowest BCUT2D eigenvalue weighted by Crippen LogP contribution is -2.18. The normalized spacial score (nSPS) is 10.4. The summed E-state index contributed by atoms with van der Waals surface area (Å²) < 4.78 is 4.45. The van der Waals surface area contributed by atoms with E-state index in [-0.39, 0.29) is 5.69 Å². The second-order valence-corrected chi connectivity index (χ2v) is 4.19. The Labute approximate surface area is 113 Å². The van der Waals surface area contributed by atoms with Crippen molar-refractivity contribution in [2.24, 2.45) is 0 Å². The Balaban J connectivity index is 2.02. The summed E-state index contributed by atoms with van der Waals surface area (Å²) in [5.41, 5.74) is 2.05. The molecular weight excluding hydrogens is 256 g/mol. The van der Waals surface area contributed by atoms with Crippen LogP contribution in [0.1, 0.15) is 0 Å². The molecule has 1 N–H and O–H groups in total. The summed E-state index contributed by atoms with van der Waals surface area (Å²) in [6.45, 7) is 0. The molecule has 0 amide bonds. The van der Waals surface area contributed by atoms with Gasteiger partial charge in [-0.05, 0) is 11.1 Å². The van der Waals surface area contributed by atoms with Crippen LogP contribution in [-0.2, 0) is 0 Å². The summed E-state index contributed by atoms with van der Waals surface area (Å²) >= 11 is 0. The van der Waals surface area contributed by atoms with Gasteiger partial charge in [-0.3, -0.25) is 0 Å². The maximum Gasteiger partial charge on any atom is 0.435 e. The molecule has 0 spiro atoms. The van der Waals surface area contributed by atoms with Gasteiger partial charge >= 0.3 is 11.4 Å².